The van der Waals surface area contributed by atoms with Crippen LogP contribution in [0.1, 0.15) is 47.2 Å². The van der Waals surface area contributed by atoms with Crippen LogP contribution in [-0.2, 0) is 11.3 Å². The average molecular weight is 438 g/mol. The Labute approximate surface area is 189 Å². The molecule has 0 saturated carbocycles. The molecule has 1 unspecified atom stereocenters. The molecule has 2 aromatic carbocycles. The molecule has 32 heavy (non-hydrogen) atoms. The number of hydrogen-bond acceptors (Lipinski definition) is 3. The van der Waals surface area contributed by atoms with Crippen LogP contribution in [0.15, 0.2) is 48.5 Å². The van der Waals surface area contributed by atoms with Gasteiger partial charge >= 0.3 is 0 Å². The molecule has 2 amide bonds. The van der Waals surface area contributed by atoms with E-state index in [2.05, 4.69) is 41.4 Å². The number of hydrogen-bond donors (Lipinski definition) is 1. The zero-order valence-corrected chi connectivity index (χ0v) is 18.7. The zero-order chi connectivity index (χ0) is 22.5. The number of amides is 2. The summed E-state index contributed by atoms with van der Waals surface area (Å²) < 4.78 is 13.2. The van der Waals surface area contributed by atoms with Gasteiger partial charge in [-0.2, -0.15) is 0 Å². The minimum absolute atomic E-state index is 0.0546. The molecule has 1 N–H and O–H groups in total. The minimum atomic E-state index is -0.359. The summed E-state index contributed by atoms with van der Waals surface area (Å²) in [6, 6.07) is 14.3. The number of nitrogens with zero attached hydrogens (tertiary/aromatic N) is 2. The van der Waals surface area contributed by atoms with Crippen molar-refractivity contribution in [2.45, 2.75) is 45.2 Å². The third kappa shape index (κ3) is 5.54. The summed E-state index contributed by atoms with van der Waals surface area (Å²) in [6.07, 6.45) is 3.50. The lowest BCUT2D eigenvalue weighted by atomic mass is 9.95. The Hall–Kier alpha value is -2.73. The maximum atomic E-state index is 13.2. The van der Waals surface area contributed by atoms with Gasteiger partial charge in [0.15, 0.2) is 0 Å². The molecule has 4 rings (SSSR count). The molecule has 0 aliphatic carbocycles. The topological polar surface area (TPSA) is 52.7 Å². The number of likely N-dealkylation sites (tertiary alicyclic amines) is 2. The van der Waals surface area contributed by atoms with Gasteiger partial charge in [-0.25, -0.2) is 4.39 Å². The Bertz CT molecular complexity index is 938. The Morgan fingerprint density at radius 3 is 2.44 bits per heavy atom. The van der Waals surface area contributed by atoms with Gasteiger partial charge in [0, 0.05) is 44.3 Å². The first-order valence-corrected chi connectivity index (χ1v) is 11.6. The van der Waals surface area contributed by atoms with E-state index >= 15 is 0 Å². The molecule has 5 nitrogen and oxygen atoms in total. The fourth-order valence-electron chi connectivity index (χ4n) is 4.73. The molecular weight excluding hydrogens is 405 g/mol. The molecule has 0 radical (unpaired) electrons. The molecule has 0 bridgehead atoms. The lowest BCUT2D eigenvalue weighted by Crippen LogP contribution is -2.50. The van der Waals surface area contributed by atoms with Gasteiger partial charge in [0.25, 0.3) is 5.91 Å². The summed E-state index contributed by atoms with van der Waals surface area (Å²) in [7, 11) is 0. The SMILES string of the molecule is Cc1ccccc1CN1CCC(NC(=O)C2CCCN(C(=O)c3ccc(F)cc3)C2)CC1. The molecule has 170 valence electrons. The van der Waals surface area contributed by atoms with E-state index in [0.717, 1.165) is 45.3 Å². The highest BCUT2D eigenvalue weighted by Gasteiger charge is 2.30. The van der Waals surface area contributed by atoms with Crippen molar-refractivity contribution in [3.8, 4) is 0 Å². The normalized spacial score (nSPS) is 20.2. The largest absolute Gasteiger partial charge is 0.353 e. The number of carbonyl (C=O) groups is 2. The van der Waals surface area contributed by atoms with Crippen molar-refractivity contribution in [3.05, 3.63) is 71.0 Å². The number of piperidine rings is 2. The molecule has 0 aromatic heterocycles. The van der Waals surface area contributed by atoms with Crippen LogP contribution in [0.25, 0.3) is 0 Å². The number of halogens is 1. The summed E-state index contributed by atoms with van der Waals surface area (Å²) in [5.41, 5.74) is 3.15. The quantitative estimate of drug-likeness (QED) is 0.775. The van der Waals surface area contributed by atoms with E-state index in [1.54, 1.807) is 4.90 Å². The second-order valence-electron chi connectivity index (χ2n) is 9.08. The van der Waals surface area contributed by atoms with Crippen LogP contribution in [-0.4, -0.2) is 53.8 Å². The van der Waals surface area contributed by atoms with E-state index in [9.17, 15) is 14.0 Å². The van der Waals surface area contributed by atoms with E-state index in [1.807, 2.05) is 0 Å². The Morgan fingerprint density at radius 2 is 1.72 bits per heavy atom. The van der Waals surface area contributed by atoms with Gasteiger partial charge in [-0.3, -0.25) is 14.5 Å². The van der Waals surface area contributed by atoms with Crippen molar-refractivity contribution in [2.24, 2.45) is 5.92 Å². The third-order valence-corrected chi connectivity index (χ3v) is 6.76. The number of rotatable bonds is 5. The number of aryl methyl sites for hydroxylation is 1. The monoisotopic (exact) mass is 437 g/mol. The predicted molar refractivity (Wildman–Crippen MR) is 123 cm³/mol. The molecule has 2 aliphatic rings. The van der Waals surface area contributed by atoms with Crippen molar-refractivity contribution >= 4 is 11.8 Å². The molecule has 1 atom stereocenters. The first-order valence-electron chi connectivity index (χ1n) is 11.6. The highest BCUT2D eigenvalue weighted by Crippen LogP contribution is 2.21. The second kappa shape index (κ2) is 10.3. The Balaban J connectivity index is 1.25. The molecule has 2 aromatic rings. The number of carbonyl (C=O) groups excluding carboxylic acids is 2. The number of benzene rings is 2. The second-order valence-corrected chi connectivity index (χ2v) is 9.08. The van der Waals surface area contributed by atoms with Crippen LogP contribution in [0, 0.1) is 18.7 Å². The van der Waals surface area contributed by atoms with Crippen LogP contribution in [0.5, 0.6) is 0 Å². The molecular formula is C26H32FN3O2. The molecule has 2 aliphatic heterocycles. The highest BCUT2D eigenvalue weighted by atomic mass is 19.1. The third-order valence-electron chi connectivity index (χ3n) is 6.76. The first kappa shape index (κ1) is 22.5. The van der Waals surface area contributed by atoms with Crippen LogP contribution >= 0.6 is 0 Å². The van der Waals surface area contributed by atoms with E-state index in [4.69, 9.17) is 0 Å². The molecule has 0 spiro atoms. The van der Waals surface area contributed by atoms with Crippen molar-refractivity contribution in [2.75, 3.05) is 26.2 Å². The fraction of sp³-hybridized carbons (Fsp3) is 0.462. The van der Waals surface area contributed by atoms with Crippen molar-refractivity contribution in [1.82, 2.24) is 15.1 Å². The van der Waals surface area contributed by atoms with E-state index < -0.39 is 0 Å². The van der Waals surface area contributed by atoms with E-state index in [0.29, 0.717) is 18.7 Å². The summed E-state index contributed by atoms with van der Waals surface area (Å²) >= 11 is 0. The maximum Gasteiger partial charge on any atom is 0.253 e. The first-order chi connectivity index (χ1) is 15.5. The lowest BCUT2D eigenvalue weighted by molar-refractivity contribution is -0.127. The van der Waals surface area contributed by atoms with Crippen LogP contribution in [0.3, 0.4) is 0 Å². The minimum Gasteiger partial charge on any atom is -0.353 e. The lowest BCUT2D eigenvalue weighted by Gasteiger charge is -2.35. The van der Waals surface area contributed by atoms with Gasteiger partial charge in [-0.1, -0.05) is 24.3 Å². The van der Waals surface area contributed by atoms with E-state index in [1.165, 1.54) is 35.4 Å². The van der Waals surface area contributed by atoms with Crippen molar-refractivity contribution in [3.63, 3.8) is 0 Å². The van der Waals surface area contributed by atoms with Gasteiger partial charge in [0.05, 0.1) is 5.92 Å². The molecule has 2 fully saturated rings. The summed E-state index contributed by atoms with van der Waals surface area (Å²) in [6.45, 7) is 6.11. The zero-order valence-electron chi connectivity index (χ0n) is 18.7. The molecule has 6 heteroatoms. The van der Waals surface area contributed by atoms with E-state index in [-0.39, 0.29) is 29.6 Å². The average Bonchev–Trinajstić information content (AvgIpc) is 2.82. The summed E-state index contributed by atoms with van der Waals surface area (Å²) in [5.74, 6) is -0.619. The van der Waals surface area contributed by atoms with Gasteiger partial charge in [0.2, 0.25) is 5.91 Å². The summed E-state index contributed by atoms with van der Waals surface area (Å²) in [5, 5.41) is 3.24. The van der Waals surface area contributed by atoms with Gasteiger partial charge < -0.3 is 10.2 Å². The predicted octanol–water partition coefficient (Wildman–Crippen LogP) is 3.77. The van der Waals surface area contributed by atoms with Crippen molar-refractivity contribution in [1.29, 1.82) is 0 Å². The number of nitrogens with one attached hydrogen (secondary N) is 1. The van der Waals surface area contributed by atoms with Crippen molar-refractivity contribution < 1.29 is 14.0 Å². The van der Waals surface area contributed by atoms with Gasteiger partial charge in [0.1, 0.15) is 5.82 Å². The van der Waals surface area contributed by atoms with Crippen LogP contribution < -0.4 is 5.32 Å². The molecule has 2 saturated heterocycles. The smallest absolute Gasteiger partial charge is 0.253 e. The van der Waals surface area contributed by atoms with Gasteiger partial charge in [-0.15, -0.1) is 0 Å². The Morgan fingerprint density at radius 1 is 1.00 bits per heavy atom. The van der Waals surface area contributed by atoms with Crippen LogP contribution in [0.2, 0.25) is 0 Å². The maximum absolute atomic E-state index is 13.2. The summed E-state index contributed by atoms with van der Waals surface area (Å²) in [4.78, 5) is 29.8. The fourth-order valence-corrected chi connectivity index (χ4v) is 4.73. The molecule has 2 heterocycles. The standard InChI is InChI=1S/C26H32FN3O2/c1-19-5-2-3-6-21(19)17-29-15-12-24(13-16-29)28-25(31)22-7-4-14-30(18-22)26(32)20-8-10-23(27)11-9-20/h2-3,5-6,8-11,22,24H,4,7,12-18H2,1H3,(H,28,31). The van der Waals surface area contributed by atoms with Crippen LogP contribution in [0.4, 0.5) is 4.39 Å². The van der Waals surface area contributed by atoms with Gasteiger partial charge in [-0.05, 0) is 68.0 Å². The Kier molecular flexibility index (Phi) is 7.20. The highest BCUT2D eigenvalue weighted by molar-refractivity contribution is 5.94.